The number of carbonyl (C=O) groups excluding carboxylic acids is 1. The zero-order valence-electron chi connectivity index (χ0n) is 13.4. The number of hydrogen-bond acceptors (Lipinski definition) is 2. The smallest absolute Gasteiger partial charge is 0.224 e. The maximum atomic E-state index is 11.5. The van der Waals surface area contributed by atoms with E-state index in [9.17, 15) is 4.79 Å². The number of carbonyl (C=O) groups is 1. The Morgan fingerprint density at radius 3 is 2.48 bits per heavy atom. The molecule has 0 aromatic heterocycles. The fraction of sp³-hybridized carbons (Fsp3) is 0.611. The van der Waals surface area contributed by atoms with Crippen LogP contribution in [0.4, 0.5) is 11.4 Å². The lowest BCUT2D eigenvalue weighted by atomic mass is 9.96. The van der Waals surface area contributed by atoms with Crippen molar-refractivity contribution in [3.05, 3.63) is 23.8 Å². The Labute approximate surface area is 128 Å². The maximum absolute atomic E-state index is 11.5. The van der Waals surface area contributed by atoms with E-state index < -0.39 is 0 Å². The van der Waals surface area contributed by atoms with Crippen LogP contribution in [0.25, 0.3) is 0 Å². The Morgan fingerprint density at radius 2 is 1.81 bits per heavy atom. The van der Waals surface area contributed by atoms with E-state index in [1.807, 2.05) is 13.0 Å². The summed E-state index contributed by atoms with van der Waals surface area (Å²) < 4.78 is 0. The molecule has 1 saturated carbocycles. The van der Waals surface area contributed by atoms with Gasteiger partial charge in [0.2, 0.25) is 5.91 Å². The van der Waals surface area contributed by atoms with E-state index in [4.69, 9.17) is 0 Å². The molecule has 21 heavy (non-hydrogen) atoms. The summed E-state index contributed by atoms with van der Waals surface area (Å²) in [6, 6.07) is 6.70. The van der Waals surface area contributed by atoms with Gasteiger partial charge in [-0.05, 0) is 37.5 Å². The first-order valence-electron chi connectivity index (χ1n) is 8.36. The van der Waals surface area contributed by atoms with E-state index in [1.165, 1.54) is 50.5 Å². The van der Waals surface area contributed by atoms with Crippen LogP contribution in [0.1, 0.15) is 63.9 Å². The summed E-state index contributed by atoms with van der Waals surface area (Å²) in [6.07, 6.45) is 9.79. The van der Waals surface area contributed by atoms with E-state index in [0.29, 0.717) is 12.5 Å². The topological polar surface area (TPSA) is 41.1 Å². The van der Waals surface area contributed by atoms with E-state index in [2.05, 4.69) is 29.7 Å². The van der Waals surface area contributed by atoms with Crippen LogP contribution in [-0.2, 0) is 4.79 Å². The molecule has 1 amide bonds. The highest BCUT2D eigenvalue weighted by atomic mass is 16.1. The zero-order chi connectivity index (χ0) is 15.1. The number of benzene rings is 1. The Kier molecular flexibility index (Phi) is 6.09. The molecule has 3 heteroatoms. The van der Waals surface area contributed by atoms with Crippen molar-refractivity contribution >= 4 is 17.3 Å². The lowest BCUT2D eigenvalue weighted by Crippen LogP contribution is -2.21. The van der Waals surface area contributed by atoms with Gasteiger partial charge in [-0.1, -0.05) is 45.1 Å². The van der Waals surface area contributed by atoms with E-state index >= 15 is 0 Å². The third-order valence-electron chi connectivity index (χ3n) is 4.31. The molecule has 116 valence electrons. The van der Waals surface area contributed by atoms with Gasteiger partial charge in [0, 0.05) is 23.8 Å². The molecule has 0 saturated heterocycles. The highest BCUT2D eigenvalue weighted by Crippen LogP contribution is 2.25. The van der Waals surface area contributed by atoms with Gasteiger partial charge in [0.15, 0.2) is 0 Å². The molecule has 0 aliphatic heterocycles. The molecule has 0 bridgehead atoms. The number of aryl methyl sites for hydroxylation is 1. The van der Waals surface area contributed by atoms with Gasteiger partial charge in [0.25, 0.3) is 0 Å². The molecule has 0 radical (unpaired) electrons. The van der Waals surface area contributed by atoms with Crippen LogP contribution < -0.4 is 10.6 Å². The lowest BCUT2D eigenvalue weighted by Gasteiger charge is -2.23. The van der Waals surface area contributed by atoms with Crippen LogP contribution >= 0.6 is 0 Å². The molecule has 3 nitrogen and oxygen atoms in total. The molecular weight excluding hydrogens is 260 g/mol. The van der Waals surface area contributed by atoms with Crippen molar-refractivity contribution in [2.75, 3.05) is 10.6 Å². The molecule has 1 aliphatic rings. The molecule has 0 atom stereocenters. The summed E-state index contributed by atoms with van der Waals surface area (Å²) in [5.74, 6) is 0.0655. The molecule has 1 aromatic rings. The quantitative estimate of drug-likeness (QED) is 0.830. The molecule has 2 rings (SSSR count). The third-order valence-corrected chi connectivity index (χ3v) is 4.31. The zero-order valence-corrected chi connectivity index (χ0v) is 13.4. The third kappa shape index (κ3) is 5.07. The normalized spacial score (nSPS) is 16.9. The number of anilines is 2. The lowest BCUT2D eigenvalue weighted by molar-refractivity contribution is -0.115. The fourth-order valence-electron chi connectivity index (χ4n) is 2.93. The SMILES string of the molecule is CCC(=O)Nc1ccc(C)c(NC2CCCCCCC2)c1. The van der Waals surface area contributed by atoms with Crippen LogP contribution in [0.5, 0.6) is 0 Å². The monoisotopic (exact) mass is 288 g/mol. The van der Waals surface area contributed by atoms with Gasteiger partial charge in [-0.2, -0.15) is 0 Å². The van der Waals surface area contributed by atoms with Gasteiger partial charge in [0.05, 0.1) is 0 Å². The van der Waals surface area contributed by atoms with Crippen molar-refractivity contribution in [2.24, 2.45) is 0 Å². The van der Waals surface area contributed by atoms with Crippen molar-refractivity contribution in [2.45, 2.75) is 71.3 Å². The molecule has 1 aromatic carbocycles. The minimum Gasteiger partial charge on any atom is -0.382 e. The van der Waals surface area contributed by atoms with Crippen LogP contribution in [0.3, 0.4) is 0 Å². The van der Waals surface area contributed by atoms with Gasteiger partial charge in [-0.25, -0.2) is 0 Å². The highest BCUT2D eigenvalue weighted by molar-refractivity contribution is 5.91. The van der Waals surface area contributed by atoms with Gasteiger partial charge in [-0.15, -0.1) is 0 Å². The summed E-state index contributed by atoms with van der Waals surface area (Å²) in [5, 5.41) is 6.64. The van der Waals surface area contributed by atoms with Crippen molar-refractivity contribution in [1.82, 2.24) is 0 Å². The van der Waals surface area contributed by atoms with Crippen molar-refractivity contribution in [3.63, 3.8) is 0 Å². The second kappa shape index (κ2) is 8.06. The summed E-state index contributed by atoms with van der Waals surface area (Å²) in [4.78, 5) is 11.5. The standard InChI is InChI=1S/C18H28N2O/c1-3-18(21)20-16-12-11-14(2)17(13-16)19-15-9-7-5-4-6-8-10-15/h11-13,15,19H,3-10H2,1-2H3,(H,20,21). The van der Waals surface area contributed by atoms with Gasteiger partial charge >= 0.3 is 0 Å². The molecule has 0 spiro atoms. The molecule has 0 heterocycles. The van der Waals surface area contributed by atoms with Crippen LogP contribution in [0, 0.1) is 6.92 Å². The van der Waals surface area contributed by atoms with E-state index in [1.54, 1.807) is 0 Å². The second-order valence-corrected chi connectivity index (χ2v) is 6.12. The Balaban J connectivity index is 2.03. The van der Waals surface area contributed by atoms with Crippen molar-refractivity contribution < 1.29 is 4.79 Å². The van der Waals surface area contributed by atoms with E-state index in [0.717, 1.165) is 11.4 Å². The summed E-state index contributed by atoms with van der Waals surface area (Å²) >= 11 is 0. The molecule has 1 aliphatic carbocycles. The Morgan fingerprint density at radius 1 is 1.14 bits per heavy atom. The molecule has 2 N–H and O–H groups in total. The predicted octanol–water partition coefficient (Wildman–Crippen LogP) is 4.87. The summed E-state index contributed by atoms with van der Waals surface area (Å²) in [6.45, 7) is 3.99. The highest BCUT2D eigenvalue weighted by Gasteiger charge is 2.12. The first-order chi connectivity index (χ1) is 10.2. The molecule has 0 unspecified atom stereocenters. The van der Waals surface area contributed by atoms with Gasteiger partial charge < -0.3 is 10.6 Å². The van der Waals surface area contributed by atoms with Crippen LogP contribution in [0.15, 0.2) is 18.2 Å². The van der Waals surface area contributed by atoms with Gasteiger partial charge in [0.1, 0.15) is 0 Å². The number of amides is 1. The minimum absolute atomic E-state index is 0.0655. The molecular formula is C18H28N2O. The number of rotatable bonds is 4. The van der Waals surface area contributed by atoms with Crippen LogP contribution in [0.2, 0.25) is 0 Å². The first-order valence-corrected chi connectivity index (χ1v) is 8.36. The first kappa shape index (κ1) is 15.9. The Bertz CT molecular complexity index is 462. The molecule has 1 fully saturated rings. The average molecular weight is 288 g/mol. The average Bonchev–Trinajstić information content (AvgIpc) is 2.45. The largest absolute Gasteiger partial charge is 0.382 e. The van der Waals surface area contributed by atoms with Crippen LogP contribution in [-0.4, -0.2) is 11.9 Å². The maximum Gasteiger partial charge on any atom is 0.224 e. The second-order valence-electron chi connectivity index (χ2n) is 6.12. The van der Waals surface area contributed by atoms with E-state index in [-0.39, 0.29) is 5.91 Å². The fourth-order valence-corrected chi connectivity index (χ4v) is 2.93. The Hall–Kier alpha value is -1.51. The minimum atomic E-state index is 0.0655. The summed E-state index contributed by atoms with van der Waals surface area (Å²) in [5.41, 5.74) is 3.29. The predicted molar refractivity (Wildman–Crippen MR) is 89.8 cm³/mol. The van der Waals surface area contributed by atoms with Crippen molar-refractivity contribution in [1.29, 1.82) is 0 Å². The van der Waals surface area contributed by atoms with Gasteiger partial charge in [-0.3, -0.25) is 4.79 Å². The van der Waals surface area contributed by atoms with Crippen molar-refractivity contribution in [3.8, 4) is 0 Å². The number of hydrogen-bond donors (Lipinski definition) is 2. The number of nitrogens with one attached hydrogen (secondary N) is 2. The summed E-state index contributed by atoms with van der Waals surface area (Å²) in [7, 11) is 0.